The number of thiocarbonyl (C=S) groups is 1. The average molecular weight is 242 g/mol. The van der Waals surface area contributed by atoms with Gasteiger partial charge in [-0.2, -0.15) is 0 Å². The van der Waals surface area contributed by atoms with Crippen LogP contribution in [0, 0.1) is 5.82 Å². The molecule has 1 rings (SSSR count). The van der Waals surface area contributed by atoms with E-state index in [4.69, 9.17) is 17.0 Å². The zero-order valence-corrected chi connectivity index (χ0v) is 10.3. The van der Waals surface area contributed by atoms with Gasteiger partial charge in [0, 0.05) is 12.1 Å². The van der Waals surface area contributed by atoms with Crippen molar-refractivity contribution < 1.29 is 9.13 Å². The van der Waals surface area contributed by atoms with Crippen LogP contribution in [0.15, 0.2) is 18.2 Å². The summed E-state index contributed by atoms with van der Waals surface area (Å²) in [4.78, 5) is 0. The molecule has 0 saturated carbocycles. The number of ether oxygens (including phenoxy) is 1. The summed E-state index contributed by atoms with van der Waals surface area (Å²) in [5, 5.41) is 6.46. The second kappa shape index (κ2) is 5.65. The molecule has 0 aromatic heterocycles. The van der Waals surface area contributed by atoms with Crippen LogP contribution >= 0.6 is 12.2 Å². The maximum absolute atomic E-state index is 12.9. The van der Waals surface area contributed by atoms with E-state index in [1.807, 2.05) is 13.8 Å². The van der Waals surface area contributed by atoms with Gasteiger partial charge in [0.2, 0.25) is 0 Å². The van der Waals surface area contributed by atoms with E-state index >= 15 is 0 Å². The van der Waals surface area contributed by atoms with Crippen LogP contribution in [0.1, 0.15) is 13.8 Å². The first-order chi connectivity index (χ1) is 7.52. The van der Waals surface area contributed by atoms with Gasteiger partial charge >= 0.3 is 0 Å². The number of halogens is 1. The average Bonchev–Trinajstić information content (AvgIpc) is 2.19. The highest BCUT2D eigenvalue weighted by atomic mass is 32.1. The number of nitrogens with one attached hydrogen (secondary N) is 2. The molecule has 0 unspecified atom stereocenters. The highest BCUT2D eigenvalue weighted by Crippen LogP contribution is 2.24. The summed E-state index contributed by atoms with van der Waals surface area (Å²) in [5.74, 6) is 0.0815. The fraction of sp³-hybridized carbons (Fsp3) is 0.364. The molecule has 1 aromatic rings. The van der Waals surface area contributed by atoms with Gasteiger partial charge in [0.05, 0.1) is 12.8 Å². The SMILES string of the molecule is COc1cc(F)ccc1NC(=S)NC(C)C. The summed E-state index contributed by atoms with van der Waals surface area (Å²) in [5.41, 5.74) is 0.641. The van der Waals surface area contributed by atoms with Crippen molar-refractivity contribution in [3.8, 4) is 5.75 Å². The molecule has 5 heteroatoms. The first-order valence-electron chi connectivity index (χ1n) is 4.94. The molecule has 88 valence electrons. The Balaban J connectivity index is 2.76. The lowest BCUT2D eigenvalue weighted by Gasteiger charge is -2.15. The maximum Gasteiger partial charge on any atom is 0.171 e. The summed E-state index contributed by atoms with van der Waals surface area (Å²) in [6.45, 7) is 3.96. The van der Waals surface area contributed by atoms with Crippen LogP contribution < -0.4 is 15.4 Å². The number of benzene rings is 1. The third-order valence-corrected chi connectivity index (χ3v) is 2.05. The second-order valence-electron chi connectivity index (χ2n) is 3.60. The van der Waals surface area contributed by atoms with Gasteiger partial charge in [0.25, 0.3) is 0 Å². The lowest BCUT2D eigenvalue weighted by Crippen LogP contribution is -2.34. The van der Waals surface area contributed by atoms with Crippen molar-refractivity contribution in [1.82, 2.24) is 5.32 Å². The summed E-state index contributed by atoms with van der Waals surface area (Å²) >= 11 is 5.08. The van der Waals surface area contributed by atoms with Crippen molar-refractivity contribution in [2.45, 2.75) is 19.9 Å². The van der Waals surface area contributed by atoms with Crippen LogP contribution in [0.5, 0.6) is 5.75 Å². The Kier molecular flexibility index (Phi) is 4.49. The Morgan fingerprint density at radius 2 is 2.12 bits per heavy atom. The van der Waals surface area contributed by atoms with E-state index in [0.717, 1.165) is 0 Å². The number of anilines is 1. The molecule has 2 N–H and O–H groups in total. The summed E-state index contributed by atoms with van der Waals surface area (Å²) in [6, 6.07) is 4.48. The minimum Gasteiger partial charge on any atom is -0.494 e. The topological polar surface area (TPSA) is 33.3 Å². The highest BCUT2D eigenvalue weighted by Gasteiger charge is 2.06. The lowest BCUT2D eigenvalue weighted by atomic mass is 10.3. The first-order valence-corrected chi connectivity index (χ1v) is 5.35. The fourth-order valence-corrected chi connectivity index (χ4v) is 1.53. The third kappa shape index (κ3) is 3.66. The molecule has 0 aliphatic rings. The van der Waals surface area contributed by atoms with Gasteiger partial charge in [-0.25, -0.2) is 4.39 Å². The minimum atomic E-state index is -0.342. The van der Waals surface area contributed by atoms with Gasteiger partial charge in [0.15, 0.2) is 5.11 Å². The first kappa shape index (κ1) is 12.7. The van der Waals surface area contributed by atoms with Gasteiger partial charge < -0.3 is 15.4 Å². The molecule has 0 atom stereocenters. The Morgan fingerprint density at radius 3 is 2.69 bits per heavy atom. The smallest absolute Gasteiger partial charge is 0.171 e. The zero-order chi connectivity index (χ0) is 12.1. The van der Waals surface area contributed by atoms with E-state index in [1.165, 1.54) is 19.2 Å². The zero-order valence-electron chi connectivity index (χ0n) is 9.50. The van der Waals surface area contributed by atoms with Crippen LogP contribution in [0.2, 0.25) is 0 Å². The predicted octanol–water partition coefficient (Wildman–Crippen LogP) is 2.53. The fourth-order valence-electron chi connectivity index (χ4n) is 1.19. The Morgan fingerprint density at radius 1 is 1.44 bits per heavy atom. The third-order valence-electron chi connectivity index (χ3n) is 1.83. The summed E-state index contributed by atoms with van der Waals surface area (Å²) in [6.07, 6.45) is 0. The van der Waals surface area contributed by atoms with Gasteiger partial charge in [-0.05, 0) is 38.2 Å². The molecule has 0 saturated heterocycles. The van der Waals surface area contributed by atoms with Gasteiger partial charge in [-0.3, -0.25) is 0 Å². The van der Waals surface area contributed by atoms with Crippen LogP contribution in [0.25, 0.3) is 0 Å². The number of hydrogen-bond donors (Lipinski definition) is 2. The van der Waals surface area contributed by atoms with Gasteiger partial charge in [0.1, 0.15) is 11.6 Å². The lowest BCUT2D eigenvalue weighted by molar-refractivity contribution is 0.413. The second-order valence-corrected chi connectivity index (χ2v) is 4.01. The predicted molar refractivity (Wildman–Crippen MR) is 67.4 cm³/mol. The molecule has 3 nitrogen and oxygen atoms in total. The molecule has 0 heterocycles. The monoisotopic (exact) mass is 242 g/mol. The van der Waals surface area contributed by atoms with Crippen LogP contribution in [0.4, 0.5) is 10.1 Å². The molecule has 0 amide bonds. The standard InChI is InChI=1S/C11H15FN2OS/c1-7(2)13-11(16)14-9-5-4-8(12)6-10(9)15-3/h4-7H,1-3H3,(H2,13,14,16). The van der Waals surface area contributed by atoms with Gasteiger partial charge in [-0.1, -0.05) is 0 Å². The quantitative estimate of drug-likeness (QED) is 0.798. The van der Waals surface area contributed by atoms with E-state index < -0.39 is 0 Å². The van der Waals surface area contributed by atoms with Crippen molar-refractivity contribution in [3.05, 3.63) is 24.0 Å². The molecule has 1 aromatic carbocycles. The molecule has 0 fully saturated rings. The molecule has 0 radical (unpaired) electrons. The largest absolute Gasteiger partial charge is 0.494 e. The van der Waals surface area contributed by atoms with Crippen molar-refractivity contribution in [2.24, 2.45) is 0 Å². The van der Waals surface area contributed by atoms with E-state index in [9.17, 15) is 4.39 Å². The number of hydrogen-bond acceptors (Lipinski definition) is 2. The number of rotatable bonds is 3. The van der Waals surface area contributed by atoms with Crippen LogP contribution in [-0.2, 0) is 0 Å². The molecule has 0 bridgehead atoms. The van der Waals surface area contributed by atoms with Crippen LogP contribution in [-0.4, -0.2) is 18.3 Å². The Labute approximate surface area is 100.0 Å². The van der Waals surface area contributed by atoms with Crippen molar-refractivity contribution in [2.75, 3.05) is 12.4 Å². The van der Waals surface area contributed by atoms with E-state index in [0.29, 0.717) is 16.5 Å². The molecule has 0 spiro atoms. The summed E-state index contributed by atoms with van der Waals surface area (Å²) in [7, 11) is 1.48. The molecule has 0 aliphatic heterocycles. The Hall–Kier alpha value is -1.36. The van der Waals surface area contributed by atoms with E-state index in [1.54, 1.807) is 6.07 Å². The van der Waals surface area contributed by atoms with Crippen LogP contribution in [0.3, 0.4) is 0 Å². The maximum atomic E-state index is 12.9. The Bertz CT molecular complexity index is 382. The molecular formula is C11H15FN2OS. The van der Waals surface area contributed by atoms with Crippen molar-refractivity contribution in [1.29, 1.82) is 0 Å². The highest BCUT2D eigenvalue weighted by molar-refractivity contribution is 7.80. The van der Waals surface area contributed by atoms with E-state index in [2.05, 4.69) is 10.6 Å². The van der Waals surface area contributed by atoms with Gasteiger partial charge in [-0.15, -0.1) is 0 Å². The molecular weight excluding hydrogens is 227 g/mol. The van der Waals surface area contributed by atoms with E-state index in [-0.39, 0.29) is 11.9 Å². The number of methoxy groups -OCH3 is 1. The summed E-state index contributed by atoms with van der Waals surface area (Å²) < 4.78 is 18.0. The minimum absolute atomic E-state index is 0.242. The molecule has 0 aliphatic carbocycles. The van der Waals surface area contributed by atoms with Crippen molar-refractivity contribution >= 4 is 23.0 Å². The normalized spacial score (nSPS) is 10.1. The molecule has 16 heavy (non-hydrogen) atoms. The van der Waals surface area contributed by atoms with Crippen molar-refractivity contribution in [3.63, 3.8) is 0 Å².